The monoisotopic (exact) mass is 837 g/mol. The highest BCUT2D eigenvalue weighted by atomic mass is 16.6. The maximum absolute atomic E-state index is 12.8. The summed E-state index contributed by atoms with van der Waals surface area (Å²) in [7, 11) is 0. The molecular weight excluding hydrogens is 741 g/mol. The van der Waals surface area contributed by atoms with Crippen LogP contribution in [0.1, 0.15) is 239 Å². The van der Waals surface area contributed by atoms with E-state index in [1.807, 2.05) is 0 Å². The molecule has 5 heteroatoms. The van der Waals surface area contributed by atoms with Crippen molar-refractivity contribution in [3.8, 4) is 0 Å². The molecule has 0 N–H and O–H groups in total. The standard InChI is InChI=1S/C55H96O5/c1-4-7-10-13-16-19-22-25-27-29-32-35-38-41-44-47-50-58-51-53(60-55(57)49-46-43-40-37-34-30-24-21-18-15-12-9-6-3)52-59-54(56)48-45-42-39-36-33-31-28-26-23-20-17-14-11-8-5-2/h7,10,12,15-16,19,21,24-25,27,32,35,53H,4-6,8-9,11,13-14,17-18,20,22-23,26,28-31,33-34,36-52H2,1-3H3/b10-7-,15-12-,19-16-,24-21-,27-25-,35-32-. The molecule has 0 aliphatic rings. The number of ether oxygens (including phenoxy) is 3. The first-order valence-corrected chi connectivity index (χ1v) is 25.5. The fraction of sp³-hybridized carbons (Fsp3) is 0.745. The van der Waals surface area contributed by atoms with Gasteiger partial charge in [0, 0.05) is 19.4 Å². The van der Waals surface area contributed by atoms with Crippen molar-refractivity contribution in [1.82, 2.24) is 0 Å². The second kappa shape index (κ2) is 50.7. The molecule has 0 fully saturated rings. The Hall–Kier alpha value is -2.66. The predicted molar refractivity (Wildman–Crippen MR) is 260 cm³/mol. The molecule has 1 unspecified atom stereocenters. The number of allylic oxidation sites excluding steroid dienone is 12. The summed E-state index contributed by atoms with van der Waals surface area (Å²) in [6.07, 6.45) is 64.8. The van der Waals surface area contributed by atoms with Crippen LogP contribution in [0.5, 0.6) is 0 Å². The third-order valence-electron chi connectivity index (χ3n) is 10.7. The quantitative estimate of drug-likeness (QED) is 0.0347. The van der Waals surface area contributed by atoms with Crippen molar-refractivity contribution in [2.24, 2.45) is 0 Å². The van der Waals surface area contributed by atoms with E-state index in [1.165, 1.54) is 103 Å². The number of esters is 2. The van der Waals surface area contributed by atoms with Crippen molar-refractivity contribution in [3.63, 3.8) is 0 Å². The molecule has 346 valence electrons. The van der Waals surface area contributed by atoms with E-state index in [-0.39, 0.29) is 25.2 Å². The number of carbonyl (C=O) groups is 2. The number of carbonyl (C=O) groups excluding carboxylic acids is 2. The average molecular weight is 837 g/mol. The van der Waals surface area contributed by atoms with Gasteiger partial charge in [-0.25, -0.2) is 0 Å². The van der Waals surface area contributed by atoms with Gasteiger partial charge in [-0.3, -0.25) is 9.59 Å². The van der Waals surface area contributed by atoms with Crippen LogP contribution in [0, 0.1) is 0 Å². The smallest absolute Gasteiger partial charge is 0.306 e. The lowest BCUT2D eigenvalue weighted by atomic mass is 10.0. The van der Waals surface area contributed by atoms with Crippen LogP contribution < -0.4 is 0 Å². The van der Waals surface area contributed by atoms with Crippen molar-refractivity contribution in [2.75, 3.05) is 19.8 Å². The Bertz CT molecular complexity index is 1080. The SMILES string of the molecule is CC/C=C\C/C=C\C/C=C\C/C=C\CCCCCOCC(COC(=O)CCCCCCCCCCCCCCCCC)OC(=O)CCCCCCC/C=C\C/C=C\CCC. The molecular formula is C55H96O5. The molecule has 1 atom stereocenters. The molecule has 0 bridgehead atoms. The topological polar surface area (TPSA) is 61.8 Å². The Morgan fingerprint density at radius 3 is 1.27 bits per heavy atom. The van der Waals surface area contributed by atoms with Crippen molar-refractivity contribution in [2.45, 2.75) is 245 Å². The summed E-state index contributed by atoms with van der Waals surface area (Å²) in [5.74, 6) is -0.427. The first-order valence-electron chi connectivity index (χ1n) is 25.5. The van der Waals surface area contributed by atoms with Gasteiger partial charge in [0.25, 0.3) is 0 Å². The molecule has 5 nitrogen and oxygen atoms in total. The molecule has 0 spiro atoms. The van der Waals surface area contributed by atoms with Crippen LogP contribution in [-0.2, 0) is 23.8 Å². The average Bonchev–Trinajstić information content (AvgIpc) is 3.25. The molecule has 0 saturated heterocycles. The zero-order valence-electron chi connectivity index (χ0n) is 39.7. The predicted octanol–water partition coefficient (Wildman–Crippen LogP) is 17.1. The molecule has 0 aromatic heterocycles. The van der Waals surface area contributed by atoms with Gasteiger partial charge in [0.1, 0.15) is 6.61 Å². The van der Waals surface area contributed by atoms with Crippen LogP contribution in [0.15, 0.2) is 72.9 Å². The number of unbranched alkanes of at least 4 members (excludes halogenated alkanes) is 23. The first-order chi connectivity index (χ1) is 29.6. The van der Waals surface area contributed by atoms with Crippen molar-refractivity contribution >= 4 is 11.9 Å². The van der Waals surface area contributed by atoms with E-state index in [1.54, 1.807) is 0 Å². The Morgan fingerprint density at radius 1 is 0.383 bits per heavy atom. The van der Waals surface area contributed by atoms with E-state index >= 15 is 0 Å². The minimum atomic E-state index is -0.560. The summed E-state index contributed by atoms with van der Waals surface area (Å²) < 4.78 is 17.4. The van der Waals surface area contributed by atoms with Crippen molar-refractivity contribution < 1.29 is 23.8 Å². The van der Waals surface area contributed by atoms with Crippen LogP contribution in [-0.4, -0.2) is 37.9 Å². The molecule has 0 aromatic carbocycles. The molecule has 0 amide bonds. The third-order valence-corrected chi connectivity index (χ3v) is 10.7. The van der Waals surface area contributed by atoms with Crippen LogP contribution in [0.4, 0.5) is 0 Å². The maximum Gasteiger partial charge on any atom is 0.306 e. The van der Waals surface area contributed by atoms with Gasteiger partial charge in [-0.2, -0.15) is 0 Å². The minimum Gasteiger partial charge on any atom is -0.462 e. The summed E-state index contributed by atoms with van der Waals surface area (Å²) in [6, 6.07) is 0. The molecule has 0 radical (unpaired) electrons. The van der Waals surface area contributed by atoms with E-state index in [9.17, 15) is 9.59 Å². The Morgan fingerprint density at radius 2 is 0.783 bits per heavy atom. The summed E-state index contributed by atoms with van der Waals surface area (Å²) in [4.78, 5) is 25.4. The van der Waals surface area contributed by atoms with Gasteiger partial charge in [0.15, 0.2) is 6.10 Å². The van der Waals surface area contributed by atoms with Crippen molar-refractivity contribution in [3.05, 3.63) is 72.9 Å². The maximum atomic E-state index is 12.8. The highest BCUT2D eigenvalue weighted by Gasteiger charge is 2.17. The van der Waals surface area contributed by atoms with Gasteiger partial charge < -0.3 is 14.2 Å². The lowest BCUT2D eigenvalue weighted by Crippen LogP contribution is -2.30. The fourth-order valence-electron chi connectivity index (χ4n) is 6.95. The Kier molecular flexibility index (Phi) is 48.4. The molecule has 60 heavy (non-hydrogen) atoms. The second-order valence-corrected chi connectivity index (χ2v) is 16.7. The zero-order chi connectivity index (χ0) is 43.5. The molecule has 0 aromatic rings. The van der Waals surface area contributed by atoms with Gasteiger partial charge in [0.05, 0.1) is 6.61 Å². The van der Waals surface area contributed by atoms with E-state index < -0.39 is 6.10 Å². The van der Waals surface area contributed by atoms with Crippen LogP contribution in [0.2, 0.25) is 0 Å². The van der Waals surface area contributed by atoms with Gasteiger partial charge in [-0.15, -0.1) is 0 Å². The summed E-state index contributed by atoms with van der Waals surface area (Å²) in [6.45, 7) is 7.58. The lowest BCUT2D eigenvalue weighted by Gasteiger charge is -2.18. The molecule has 0 saturated carbocycles. The summed E-state index contributed by atoms with van der Waals surface area (Å²) in [5.41, 5.74) is 0. The lowest BCUT2D eigenvalue weighted by molar-refractivity contribution is -0.163. The van der Waals surface area contributed by atoms with Crippen LogP contribution >= 0.6 is 0 Å². The Labute approximate surface area is 372 Å². The van der Waals surface area contributed by atoms with Gasteiger partial charge >= 0.3 is 11.9 Å². The highest BCUT2D eigenvalue weighted by Crippen LogP contribution is 2.15. The molecule has 0 aliphatic carbocycles. The second-order valence-electron chi connectivity index (χ2n) is 16.7. The number of rotatable bonds is 46. The zero-order valence-corrected chi connectivity index (χ0v) is 39.7. The van der Waals surface area contributed by atoms with E-state index in [4.69, 9.17) is 14.2 Å². The Balaban J connectivity index is 4.33. The van der Waals surface area contributed by atoms with Crippen LogP contribution in [0.25, 0.3) is 0 Å². The van der Waals surface area contributed by atoms with E-state index in [2.05, 4.69) is 93.7 Å². The normalized spacial score (nSPS) is 12.8. The highest BCUT2D eigenvalue weighted by molar-refractivity contribution is 5.70. The fourth-order valence-corrected chi connectivity index (χ4v) is 6.95. The van der Waals surface area contributed by atoms with Crippen LogP contribution in [0.3, 0.4) is 0 Å². The largest absolute Gasteiger partial charge is 0.462 e. The molecule has 0 heterocycles. The van der Waals surface area contributed by atoms with Gasteiger partial charge in [-0.1, -0.05) is 216 Å². The van der Waals surface area contributed by atoms with E-state index in [0.29, 0.717) is 19.4 Å². The van der Waals surface area contributed by atoms with Crippen molar-refractivity contribution in [1.29, 1.82) is 0 Å². The number of hydrogen-bond acceptors (Lipinski definition) is 5. The summed E-state index contributed by atoms with van der Waals surface area (Å²) >= 11 is 0. The van der Waals surface area contributed by atoms with Gasteiger partial charge in [-0.05, 0) is 83.5 Å². The minimum absolute atomic E-state index is 0.0665. The third kappa shape index (κ3) is 48.0. The number of hydrogen-bond donors (Lipinski definition) is 0. The summed E-state index contributed by atoms with van der Waals surface area (Å²) in [5, 5.41) is 0. The molecule has 0 aliphatic heterocycles. The van der Waals surface area contributed by atoms with Gasteiger partial charge in [0.2, 0.25) is 0 Å². The molecule has 0 rings (SSSR count). The van der Waals surface area contributed by atoms with E-state index in [0.717, 1.165) is 103 Å². The first kappa shape index (κ1) is 57.3.